The summed E-state index contributed by atoms with van der Waals surface area (Å²) >= 11 is 0. The maximum absolute atomic E-state index is 4.22. The van der Waals surface area contributed by atoms with Crippen LogP contribution in [0.1, 0.15) is 27.2 Å². The number of nitrogens with zero attached hydrogens (tertiary/aromatic N) is 1. The van der Waals surface area contributed by atoms with Crippen LogP contribution in [0, 0.1) is 0 Å². The second-order valence-corrected chi connectivity index (χ2v) is 2.19. The van der Waals surface area contributed by atoms with Crippen LogP contribution >= 0.6 is 0 Å². The van der Waals surface area contributed by atoms with Crippen molar-refractivity contribution in [3.05, 3.63) is 24.4 Å². The third kappa shape index (κ3) is 4.07. The lowest BCUT2D eigenvalue weighted by Crippen LogP contribution is -1.86. The van der Waals surface area contributed by atoms with Gasteiger partial charge in [0.1, 0.15) is 0 Å². The molecule has 0 aromatic heterocycles. The van der Waals surface area contributed by atoms with Gasteiger partial charge in [0.2, 0.25) is 0 Å². The molecule has 0 radical (unpaired) electrons. The Morgan fingerprint density at radius 2 is 2.20 bits per heavy atom. The van der Waals surface area contributed by atoms with Crippen molar-refractivity contribution in [1.29, 1.82) is 0 Å². The zero-order valence-corrected chi connectivity index (χ0v) is 7.02. The molecule has 0 aromatic carbocycles. The van der Waals surface area contributed by atoms with Gasteiger partial charge in [-0.25, -0.2) is 0 Å². The Hall–Kier alpha value is -0.850. The largest absolute Gasteiger partial charge is 0.259 e. The first-order chi connectivity index (χ1) is 4.70. The monoisotopic (exact) mass is 137 g/mol. The average molecular weight is 137 g/mol. The smallest absolute Gasteiger partial charge is 0.0553 e. The summed E-state index contributed by atoms with van der Waals surface area (Å²) in [6, 6.07) is 0. The molecule has 0 saturated carbocycles. The van der Waals surface area contributed by atoms with Gasteiger partial charge in [-0.2, -0.15) is 0 Å². The number of aliphatic imine (C=N–C) groups is 1. The minimum atomic E-state index is 0.835. The molecule has 0 aliphatic rings. The summed E-state index contributed by atoms with van der Waals surface area (Å²) in [4.78, 5) is 4.22. The third-order valence-corrected chi connectivity index (χ3v) is 1.21. The molecular weight excluding hydrogens is 122 g/mol. The fourth-order valence-corrected chi connectivity index (χ4v) is 0.554. The highest BCUT2D eigenvalue weighted by Gasteiger charge is 1.84. The van der Waals surface area contributed by atoms with E-state index in [-0.39, 0.29) is 0 Å². The molecule has 0 atom stereocenters. The topological polar surface area (TPSA) is 12.4 Å². The molecule has 56 valence electrons. The van der Waals surface area contributed by atoms with Crippen molar-refractivity contribution in [2.45, 2.75) is 27.2 Å². The quantitative estimate of drug-likeness (QED) is 0.419. The van der Waals surface area contributed by atoms with Gasteiger partial charge in [-0.05, 0) is 26.3 Å². The van der Waals surface area contributed by atoms with Crippen LogP contribution in [0.3, 0.4) is 0 Å². The van der Waals surface area contributed by atoms with Gasteiger partial charge < -0.3 is 0 Å². The molecule has 0 aliphatic heterocycles. The first-order valence-corrected chi connectivity index (χ1v) is 3.56. The maximum Gasteiger partial charge on any atom is 0.0553 e. The minimum absolute atomic E-state index is 0.835. The Bertz CT molecular complexity index is 164. The summed E-state index contributed by atoms with van der Waals surface area (Å²) in [6.45, 7) is 9.81. The standard InChI is InChI=1S/C9H15N/c1-5-7-9(4)10-8(3)6-2/h5,7H,4,6H2,1-3H3/b7-5-,10-8?. The van der Waals surface area contributed by atoms with E-state index in [0.717, 1.165) is 17.8 Å². The Balaban J connectivity index is 4.00. The minimum Gasteiger partial charge on any atom is -0.259 e. The lowest BCUT2D eigenvalue weighted by Gasteiger charge is -1.93. The first kappa shape index (κ1) is 9.15. The summed E-state index contributed by atoms with van der Waals surface area (Å²) in [5.41, 5.74) is 1.96. The summed E-state index contributed by atoms with van der Waals surface area (Å²) < 4.78 is 0. The van der Waals surface area contributed by atoms with Gasteiger partial charge >= 0.3 is 0 Å². The van der Waals surface area contributed by atoms with Gasteiger partial charge in [-0.3, -0.25) is 4.99 Å². The molecule has 0 aromatic rings. The molecule has 10 heavy (non-hydrogen) atoms. The molecule has 0 heterocycles. The van der Waals surface area contributed by atoms with E-state index in [1.54, 1.807) is 0 Å². The van der Waals surface area contributed by atoms with E-state index in [1.165, 1.54) is 0 Å². The second kappa shape index (κ2) is 4.98. The number of hydrogen-bond acceptors (Lipinski definition) is 1. The van der Waals surface area contributed by atoms with E-state index in [4.69, 9.17) is 0 Å². The molecule has 0 N–H and O–H groups in total. The van der Waals surface area contributed by atoms with Crippen LogP contribution in [0.2, 0.25) is 0 Å². The van der Waals surface area contributed by atoms with Gasteiger partial charge in [0.25, 0.3) is 0 Å². The average Bonchev–Trinajstić information content (AvgIpc) is 1.88. The van der Waals surface area contributed by atoms with Gasteiger partial charge in [-0.15, -0.1) is 0 Å². The molecule has 0 saturated heterocycles. The predicted octanol–water partition coefficient (Wildman–Crippen LogP) is 2.95. The lowest BCUT2D eigenvalue weighted by molar-refractivity contribution is 1.23. The van der Waals surface area contributed by atoms with Crippen LogP contribution in [0.4, 0.5) is 0 Å². The van der Waals surface area contributed by atoms with Crippen LogP contribution in [0.5, 0.6) is 0 Å². The predicted molar refractivity (Wildman–Crippen MR) is 47.4 cm³/mol. The van der Waals surface area contributed by atoms with E-state index in [9.17, 15) is 0 Å². The molecule has 1 nitrogen and oxygen atoms in total. The fourth-order valence-electron chi connectivity index (χ4n) is 0.554. The van der Waals surface area contributed by atoms with E-state index in [1.807, 2.05) is 26.0 Å². The zero-order valence-electron chi connectivity index (χ0n) is 7.02. The Labute approximate surface area is 63.2 Å². The molecule has 0 fully saturated rings. The maximum atomic E-state index is 4.22. The highest BCUT2D eigenvalue weighted by Crippen LogP contribution is 1.97. The van der Waals surface area contributed by atoms with Crippen molar-refractivity contribution in [3.63, 3.8) is 0 Å². The molecule has 0 bridgehead atoms. The second-order valence-electron chi connectivity index (χ2n) is 2.19. The highest BCUT2D eigenvalue weighted by atomic mass is 14.7. The van der Waals surface area contributed by atoms with Crippen molar-refractivity contribution >= 4 is 5.71 Å². The van der Waals surface area contributed by atoms with Crippen molar-refractivity contribution in [1.82, 2.24) is 0 Å². The zero-order chi connectivity index (χ0) is 7.98. The summed E-state index contributed by atoms with van der Waals surface area (Å²) in [7, 11) is 0. The van der Waals surface area contributed by atoms with Crippen molar-refractivity contribution in [2.24, 2.45) is 4.99 Å². The van der Waals surface area contributed by atoms with Crippen molar-refractivity contribution in [2.75, 3.05) is 0 Å². The van der Waals surface area contributed by atoms with E-state index in [0.29, 0.717) is 0 Å². The summed E-state index contributed by atoms with van der Waals surface area (Å²) in [6.07, 6.45) is 4.84. The molecule has 0 rings (SSSR count). The number of allylic oxidation sites excluding steroid dienone is 2. The van der Waals surface area contributed by atoms with E-state index < -0.39 is 0 Å². The normalized spacial score (nSPS) is 12.5. The summed E-state index contributed by atoms with van der Waals surface area (Å²) in [5.74, 6) is 0. The SMILES string of the molecule is C=C(/C=C\C)N=C(C)CC. The molecule has 0 amide bonds. The molecule has 0 aliphatic carbocycles. The van der Waals surface area contributed by atoms with Crippen LogP contribution in [-0.4, -0.2) is 5.71 Å². The van der Waals surface area contributed by atoms with Crippen molar-refractivity contribution in [3.8, 4) is 0 Å². The Morgan fingerprint density at radius 3 is 2.60 bits per heavy atom. The van der Waals surface area contributed by atoms with Gasteiger partial charge in [0, 0.05) is 5.71 Å². The van der Waals surface area contributed by atoms with Gasteiger partial charge in [-0.1, -0.05) is 19.6 Å². The van der Waals surface area contributed by atoms with Crippen LogP contribution in [0.25, 0.3) is 0 Å². The number of rotatable bonds is 3. The van der Waals surface area contributed by atoms with E-state index >= 15 is 0 Å². The van der Waals surface area contributed by atoms with E-state index in [2.05, 4.69) is 18.5 Å². The number of hydrogen-bond donors (Lipinski definition) is 0. The lowest BCUT2D eigenvalue weighted by atomic mass is 10.3. The van der Waals surface area contributed by atoms with Crippen LogP contribution in [0.15, 0.2) is 29.4 Å². The van der Waals surface area contributed by atoms with Crippen LogP contribution in [-0.2, 0) is 0 Å². The molecule has 0 unspecified atom stereocenters. The Kier molecular flexibility index (Phi) is 4.55. The Morgan fingerprint density at radius 1 is 1.60 bits per heavy atom. The first-order valence-electron chi connectivity index (χ1n) is 3.56. The van der Waals surface area contributed by atoms with Gasteiger partial charge in [0.15, 0.2) is 0 Å². The van der Waals surface area contributed by atoms with Crippen molar-refractivity contribution < 1.29 is 0 Å². The van der Waals surface area contributed by atoms with Gasteiger partial charge in [0.05, 0.1) is 5.70 Å². The van der Waals surface area contributed by atoms with Crippen LogP contribution < -0.4 is 0 Å². The third-order valence-electron chi connectivity index (χ3n) is 1.21. The molecular formula is C9H15N. The summed E-state index contributed by atoms with van der Waals surface area (Å²) in [5, 5.41) is 0. The molecule has 0 spiro atoms. The molecule has 1 heteroatoms. The fraction of sp³-hybridized carbons (Fsp3) is 0.444. The highest BCUT2D eigenvalue weighted by molar-refractivity contribution is 5.82.